The van der Waals surface area contributed by atoms with Crippen molar-refractivity contribution in [3.05, 3.63) is 106 Å². The van der Waals surface area contributed by atoms with E-state index in [1.165, 1.54) is 12.0 Å². The molecule has 3 aromatic carbocycles. The number of fused-ring (bicyclic) bond motifs is 1. The van der Waals surface area contributed by atoms with E-state index in [-0.39, 0.29) is 17.9 Å². The fraction of sp³-hybridized carbons (Fsp3) is 0.250. The number of Topliss-reactive ketones (excluding diaryl/α,β-unsaturated/α-hetero) is 1. The van der Waals surface area contributed by atoms with Crippen LogP contribution in [0.2, 0.25) is 5.02 Å². The largest absolute Gasteiger partial charge is 0.503 e. The maximum Gasteiger partial charge on any atom is 0.290 e. The summed E-state index contributed by atoms with van der Waals surface area (Å²) in [5.41, 5.74) is 2.79. The standard InChI is InChI=1S/C32H30ClNO6/c1-18(2)17-39-24-10-8-20(9-11-24)16-34-28(21-7-5-6-19(3)12-21)27(30(36)32(34)37)29(35)25-14-22-13-23(33)15-26(38-4)31(22)40-25/h5-15,18,28,36H,16-17H2,1-4H3. The number of carbonyl (C=O) groups excluding carboxylic acids is 2. The van der Waals surface area contributed by atoms with Gasteiger partial charge in [-0.2, -0.15) is 0 Å². The van der Waals surface area contributed by atoms with Gasteiger partial charge in [0, 0.05) is 23.0 Å². The quantitative estimate of drug-likeness (QED) is 0.218. The molecular formula is C32H30ClNO6. The molecule has 5 rings (SSSR count). The van der Waals surface area contributed by atoms with Crippen molar-refractivity contribution in [1.82, 2.24) is 4.90 Å². The van der Waals surface area contributed by atoms with Gasteiger partial charge in [0.25, 0.3) is 5.91 Å². The van der Waals surface area contributed by atoms with Crippen molar-refractivity contribution in [2.45, 2.75) is 33.4 Å². The number of furan rings is 1. The van der Waals surface area contributed by atoms with E-state index >= 15 is 0 Å². The molecule has 0 fully saturated rings. The fourth-order valence-electron chi connectivity index (χ4n) is 4.87. The van der Waals surface area contributed by atoms with Gasteiger partial charge in [-0.1, -0.05) is 67.4 Å². The van der Waals surface area contributed by atoms with Crippen LogP contribution in [0.15, 0.2) is 82.5 Å². The van der Waals surface area contributed by atoms with Crippen LogP contribution in [0.3, 0.4) is 0 Å². The summed E-state index contributed by atoms with van der Waals surface area (Å²) in [6.45, 7) is 6.86. The molecule has 1 unspecified atom stereocenters. The number of hydrogen-bond donors (Lipinski definition) is 1. The number of benzene rings is 3. The molecule has 1 amide bonds. The first-order chi connectivity index (χ1) is 19.2. The number of nitrogens with zero attached hydrogens (tertiary/aromatic N) is 1. The summed E-state index contributed by atoms with van der Waals surface area (Å²) in [5.74, 6) is -0.349. The van der Waals surface area contributed by atoms with Crippen LogP contribution in [0, 0.1) is 12.8 Å². The second-order valence-electron chi connectivity index (χ2n) is 10.3. The van der Waals surface area contributed by atoms with Crippen molar-refractivity contribution in [2.75, 3.05) is 13.7 Å². The molecule has 40 heavy (non-hydrogen) atoms. The monoisotopic (exact) mass is 559 g/mol. The number of carbonyl (C=O) groups is 2. The third-order valence-corrected chi connectivity index (χ3v) is 6.97. The molecule has 0 aliphatic carbocycles. The molecule has 0 saturated heterocycles. The van der Waals surface area contributed by atoms with Crippen LogP contribution in [0.1, 0.15) is 47.1 Å². The SMILES string of the molecule is COc1cc(Cl)cc2cc(C(=O)C3=C(O)C(=O)N(Cc4ccc(OCC(C)C)cc4)C3c3cccc(C)c3)oc12. The molecule has 1 aromatic heterocycles. The normalized spacial score (nSPS) is 15.4. The molecule has 206 valence electrons. The molecule has 7 nitrogen and oxygen atoms in total. The van der Waals surface area contributed by atoms with E-state index in [1.54, 1.807) is 18.2 Å². The van der Waals surface area contributed by atoms with Gasteiger partial charge in [-0.25, -0.2) is 0 Å². The first-order valence-corrected chi connectivity index (χ1v) is 13.4. The van der Waals surface area contributed by atoms with E-state index < -0.39 is 23.5 Å². The van der Waals surface area contributed by atoms with Crippen LogP contribution in [0.25, 0.3) is 11.0 Å². The Hall–Kier alpha value is -4.23. The van der Waals surface area contributed by atoms with Gasteiger partial charge in [0.2, 0.25) is 5.78 Å². The smallest absolute Gasteiger partial charge is 0.290 e. The van der Waals surface area contributed by atoms with Crippen molar-refractivity contribution in [2.24, 2.45) is 5.92 Å². The van der Waals surface area contributed by atoms with Gasteiger partial charge in [-0.05, 0) is 48.2 Å². The number of aliphatic hydroxyl groups is 1. The Bertz CT molecular complexity index is 1620. The van der Waals surface area contributed by atoms with Crippen LogP contribution >= 0.6 is 11.6 Å². The van der Waals surface area contributed by atoms with Crippen molar-refractivity contribution < 1.29 is 28.6 Å². The molecule has 0 saturated carbocycles. The number of aliphatic hydroxyl groups excluding tert-OH is 1. The van der Waals surface area contributed by atoms with Crippen molar-refractivity contribution >= 4 is 34.3 Å². The number of hydrogen-bond acceptors (Lipinski definition) is 6. The molecule has 0 bridgehead atoms. The molecule has 4 aromatic rings. The van der Waals surface area contributed by atoms with E-state index in [1.807, 2.05) is 55.5 Å². The Morgan fingerprint density at radius 3 is 2.52 bits per heavy atom. The fourth-order valence-corrected chi connectivity index (χ4v) is 5.08. The van der Waals surface area contributed by atoms with Crippen LogP contribution < -0.4 is 9.47 Å². The van der Waals surface area contributed by atoms with E-state index in [0.29, 0.717) is 39.8 Å². The zero-order chi connectivity index (χ0) is 28.6. The van der Waals surface area contributed by atoms with Gasteiger partial charge >= 0.3 is 0 Å². The molecule has 1 aliphatic rings. The van der Waals surface area contributed by atoms with Gasteiger partial charge < -0.3 is 23.9 Å². The highest BCUT2D eigenvalue weighted by Gasteiger charge is 2.44. The summed E-state index contributed by atoms with van der Waals surface area (Å²) in [5, 5.41) is 12.1. The van der Waals surface area contributed by atoms with E-state index in [2.05, 4.69) is 13.8 Å². The minimum atomic E-state index is -0.824. The molecule has 1 N–H and O–H groups in total. The van der Waals surface area contributed by atoms with Crippen LogP contribution in [0.4, 0.5) is 0 Å². The Morgan fingerprint density at radius 2 is 1.85 bits per heavy atom. The molecule has 2 heterocycles. The second kappa shape index (κ2) is 11.1. The van der Waals surface area contributed by atoms with E-state index in [4.69, 9.17) is 25.5 Å². The number of aryl methyl sites for hydroxylation is 1. The summed E-state index contributed by atoms with van der Waals surface area (Å²) in [6.07, 6.45) is 0. The van der Waals surface area contributed by atoms with Gasteiger partial charge in [0.1, 0.15) is 5.75 Å². The zero-order valence-electron chi connectivity index (χ0n) is 22.7. The summed E-state index contributed by atoms with van der Waals surface area (Å²) in [6, 6.07) is 19.0. The third-order valence-electron chi connectivity index (χ3n) is 6.76. The number of rotatable bonds is 9. The Morgan fingerprint density at radius 1 is 1.10 bits per heavy atom. The maximum absolute atomic E-state index is 13.9. The van der Waals surface area contributed by atoms with Crippen molar-refractivity contribution in [1.29, 1.82) is 0 Å². The zero-order valence-corrected chi connectivity index (χ0v) is 23.5. The Balaban J connectivity index is 1.52. The average Bonchev–Trinajstić information content (AvgIpc) is 3.46. The molecule has 0 spiro atoms. The first kappa shape index (κ1) is 27.3. The third kappa shape index (κ3) is 5.29. The van der Waals surface area contributed by atoms with E-state index in [0.717, 1.165) is 16.9 Å². The summed E-state index contributed by atoms with van der Waals surface area (Å²) in [7, 11) is 1.48. The van der Waals surface area contributed by atoms with Gasteiger partial charge in [0.05, 0.1) is 25.3 Å². The van der Waals surface area contributed by atoms with Crippen LogP contribution in [0.5, 0.6) is 11.5 Å². The number of ketones is 1. The predicted octanol–water partition coefficient (Wildman–Crippen LogP) is 7.22. The number of ether oxygens (including phenoxy) is 2. The second-order valence-corrected chi connectivity index (χ2v) is 10.8. The van der Waals surface area contributed by atoms with Gasteiger partial charge in [-0.15, -0.1) is 0 Å². The lowest BCUT2D eigenvalue weighted by Crippen LogP contribution is -2.30. The topological polar surface area (TPSA) is 89.2 Å². The minimum absolute atomic E-state index is 0.0314. The Labute approximate surface area is 237 Å². The number of halogens is 1. The maximum atomic E-state index is 13.9. The highest BCUT2D eigenvalue weighted by atomic mass is 35.5. The minimum Gasteiger partial charge on any atom is -0.503 e. The molecule has 0 radical (unpaired) electrons. The van der Waals surface area contributed by atoms with Crippen molar-refractivity contribution in [3.63, 3.8) is 0 Å². The van der Waals surface area contributed by atoms with E-state index in [9.17, 15) is 14.7 Å². The van der Waals surface area contributed by atoms with Crippen LogP contribution in [-0.2, 0) is 11.3 Å². The summed E-state index contributed by atoms with van der Waals surface area (Å²) < 4.78 is 17.0. The first-order valence-electron chi connectivity index (χ1n) is 13.0. The highest BCUT2D eigenvalue weighted by molar-refractivity contribution is 6.31. The van der Waals surface area contributed by atoms with Gasteiger partial charge in [-0.3, -0.25) is 9.59 Å². The lowest BCUT2D eigenvalue weighted by Gasteiger charge is -2.27. The highest BCUT2D eigenvalue weighted by Crippen LogP contribution is 2.41. The number of amides is 1. The summed E-state index contributed by atoms with van der Waals surface area (Å²) >= 11 is 6.20. The number of methoxy groups -OCH3 is 1. The molecule has 8 heteroatoms. The Kier molecular flexibility index (Phi) is 7.59. The summed E-state index contributed by atoms with van der Waals surface area (Å²) in [4.78, 5) is 28.9. The lowest BCUT2D eigenvalue weighted by atomic mass is 9.94. The average molecular weight is 560 g/mol. The van der Waals surface area contributed by atoms with Gasteiger partial charge in [0.15, 0.2) is 22.9 Å². The molecule has 1 atom stereocenters. The van der Waals surface area contributed by atoms with Crippen molar-refractivity contribution in [3.8, 4) is 11.5 Å². The molecule has 1 aliphatic heterocycles. The predicted molar refractivity (Wildman–Crippen MR) is 153 cm³/mol. The lowest BCUT2D eigenvalue weighted by molar-refractivity contribution is -0.130. The van der Waals surface area contributed by atoms with Crippen LogP contribution in [-0.4, -0.2) is 35.4 Å². The molecular weight excluding hydrogens is 530 g/mol.